The zero-order valence-corrected chi connectivity index (χ0v) is 12.1. The van der Waals surface area contributed by atoms with Crippen molar-refractivity contribution < 1.29 is 9.53 Å². The lowest BCUT2D eigenvalue weighted by Crippen LogP contribution is -2.25. The van der Waals surface area contributed by atoms with E-state index in [1.54, 1.807) is 7.11 Å². The van der Waals surface area contributed by atoms with Crippen molar-refractivity contribution in [3.05, 3.63) is 51.7 Å². The lowest BCUT2D eigenvalue weighted by atomic mass is 10.1. The lowest BCUT2D eigenvalue weighted by Gasteiger charge is -2.14. The number of amides is 1. The standard InChI is InChI=1S/C15H17NO2S/c1-10-4-9-14(19-10)15(17)16-11(2)12-5-7-13(18-3)8-6-12/h4-9,11H,1-3H3,(H,16,17). The molecular formula is C15H17NO2S. The van der Waals surface area contributed by atoms with Gasteiger partial charge in [-0.3, -0.25) is 4.79 Å². The van der Waals surface area contributed by atoms with Crippen molar-refractivity contribution in [2.75, 3.05) is 7.11 Å². The van der Waals surface area contributed by atoms with Gasteiger partial charge in [-0.05, 0) is 43.7 Å². The second kappa shape index (κ2) is 5.89. The van der Waals surface area contributed by atoms with Crippen molar-refractivity contribution in [1.82, 2.24) is 5.32 Å². The van der Waals surface area contributed by atoms with Gasteiger partial charge in [-0.15, -0.1) is 11.3 Å². The summed E-state index contributed by atoms with van der Waals surface area (Å²) in [5, 5.41) is 2.99. The lowest BCUT2D eigenvalue weighted by molar-refractivity contribution is 0.0944. The van der Waals surface area contributed by atoms with Crippen LogP contribution in [0.5, 0.6) is 5.75 Å². The minimum absolute atomic E-state index is 0.0265. The second-order valence-corrected chi connectivity index (χ2v) is 5.67. The molecule has 0 aliphatic carbocycles. The monoisotopic (exact) mass is 275 g/mol. The molecule has 100 valence electrons. The van der Waals surface area contributed by atoms with Crippen LogP contribution in [0.3, 0.4) is 0 Å². The summed E-state index contributed by atoms with van der Waals surface area (Å²) in [5.41, 5.74) is 1.06. The van der Waals surface area contributed by atoms with E-state index in [0.717, 1.165) is 21.1 Å². The van der Waals surface area contributed by atoms with Gasteiger partial charge in [0.15, 0.2) is 0 Å². The van der Waals surface area contributed by atoms with E-state index in [1.165, 1.54) is 11.3 Å². The molecule has 3 nitrogen and oxygen atoms in total. The van der Waals surface area contributed by atoms with Gasteiger partial charge in [0.1, 0.15) is 5.75 Å². The number of nitrogens with one attached hydrogen (secondary N) is 1. The van der Waals surface area contributed by atoms with Crippen LogP contribution in [0.25, 0.3) is 0 Å². The highest BCUT2D eigenvalue weighted by molar-refractivity contribution is 7.13. The molecule has 0 fully saturated rings. The maximum atomic E-state index is 12.0. The highest BCUT2D eigenvalue weighted by Crippen LogP contribution is 2.19. The first-order valence-corrected chi connectivity index (χ1v) is 6.93. The van der Waals surface area contributed by atoms with Gasteiger partial charge in [0.25, 0.3) is 5.91 Å². The molecular weight excluding hydrogens is 258 g/mol. The Balaban J connectivity index is 2.03. The van der Waals surface area contributed by atoms with E-state index >= 15 is 0 Å². The molecule has 0 saturated heterocycles. The van der Waals surface area contributed by atoms with Crippen LogP contribution in [0.15, 0.2) is 36.4 Å². The third-order valence-electron chi connectivity index (χ3n) is 2.93. The number of thiophene rings is 1. The van der Waals surface area contributed by atoms with E-state index in [0.29, 0.717) is 0 Å². The van der Waals surface area contributed by atoms with Crippen LogP contribution in [0.1, 0.15) is 33.1 Å². The molecule has 1 aromatic carbocycles. The zero-order chi connectivity index (χ0) is 13.8. The number of carbonyl (C=O) groups excluding carboxylic acids is 1. The second-order valence-electron chi connectivity index (χ2n) is 4.38. The molecule has 1 amide bonds. The molecule has 2 rings (SSSR count). The molecule has 1 atom stereocenters. The number of aryl methyl sites for hydroxylation is 1. The minimum Gasteiger partial charge on any atom is -0.497 e. The Morgan fingerprint density at radius 1 is 1.21 bits per heavy atom. The molecule has 0 saturated carbocycles. The first kappa shape index (κ1) is 13.6. The quantitative estimate of drug-likeness (QED) is 0.926. The van der Waals surface area contributed by atoms with Gasteiger partial charge in [0.05, 0.1) is 18.0 Å². The average molecular weight is 275 g/mol. The van der Waals surface area contributed by atoms with Crippen LogP contribution in [0.2, 0.25) is 0 Å². The molecule has 1 heterocycles. The van der Waals surface area contributed by atoms with E-state index in [1.807, 2.05) is 50.2 Å². The normalized spacial score (nSPS) is 11.9. The molecule has 4 heteroatoms. The maximum absolute atomic E-state index is 12.0. The largest absolute Gasteiger partial charge is 0.497 e. The van der Waals surface area contributed by atoms with Gasteiger partial charge in [0.2, 0.25) is 0 Å². The summed E-state index contributed by atoms with van der Waals surface area (Å²) >= 11 is 1.51. The molecule has 0 spiro atoms. The maximum Gasteiger partial charge on any atom is 0.261 e. The highest BCUT2D eigenvalue weighted by Gasteiger charge is 2.12. The third kappa shape index (κ3) is 3.35. The van der Waals surface area contributed by atoms with Crippen LogP contribution in [-0.2, 0) is 0 Å². The summed E-state index contributed by atoms with van der Waals surface area (Å²) < 4.78 is 5.12. The van der Waals surface area contributed by atoms with Gasteiger partial charge in [-0.2, -0.15) is 0 Å². The van der Waals surface area contributed by atoms with Crippen molar-refractivity contribution in [1.29, 1.82) is 0 Å². The topological polar surface area (TPSA) is 38.3 Å². The Kier molecular flexibility index (Phi) is 4.22. The smallest absolute Gasteiger partial charge is 0.261 e. The van der Waals surface area contributed by atoms with Gasteiger partial charge in [0, 0.05) is 4.88 Å². The molecule has 0 bridgehead atoms. The summed E-state index contributed by atoms with van der Waals surface area (Å²) in [5.74, 6) is 0.789. The molecule has 2 aromatic rings. The van der Waals surface area contributed by atoms with Crippen molar-refractivity contribution in [3.8, 4) is 5.75 Å². The third-order valence-corrected chi connectivity index (χ3v) is 3.93. The predicted octanol–water partition coefficient (Wildman–Crippen LogP) is 3.56. The summed E-state index contributed by atoms with van der Waals surface area (Å²) in [7, 11) is 1.64. The van der Waals surface area contributed by atoms with Crippen LogP contribution in [0, 0.1) is 6.92 Å². The fourth-order valence-corrected chi connectivity index (χ4v) is 2.57. The fraction of sp³-hybridized carbons (Fsp3) is 0.267. The fourth-order valence-electron chi connectivity index (χ4n) is 1.80. The van der Waals surface area contributed by atoms with Crippen LogP contribution in [-0.4, -0.2) is 13.0 Å². The van der Waals surface area contributed by atoms with E-state index < -0.39 is 0 Å². The Labute approximate surface area is 117 Å². The number of carbonyl (C=O) groups is 1. The first-order chi connectivity index (χ1) is 9.10. The molecule has 0 radical (unpaired) electrons. The van der Waals surface area contributed by atoms with Crippen molar-refractivity contribution in [2.24, 2.45) is 0 Å². The van der Waals surface area contributed by atoms with Crippen LogP contribution >= 0.6 is 11.3 Å². The van der Waals surface area contributed by atoms with Gasteiger partial charge < -0.3 is 10.1 Å². The molecule has 1 aromatic heterocycles. The molecule has 1 N–H and O–H groups in total. The predicted molar refractivity (Wildman–Crippen MR) is 77.9 cm³/mol. The van der Waals surface area contributed by atoms with E-state index in [9.17, 15) is 4.79 Å². The van der Waals surface area contributed by atoms with Gasteiger partial charge in [-0.25, -0.2) is 0 Å². The molecule has 19 heavy (non-hydrogen) atoms. The Bertz CT molecular complexity index is 560. The van der Waals surface area contributed by atoms with Crippen molar-refractivity contribution in [3.63, 3.8) is 0 Å². The number of rotatable bonds is 4. The Morgan fingerprint density at radius 3 is 2.42 bits per heavy atom. The summed E-state index contributed by atoms with van der Waals surface area (Å²) in [6.45, 7) is 3.97. The van der Waals surface area contributed by atoms with Crippen LogP contribution in [0.4, 0.5) is 0 Å². The molecule has 0 aliphatic rings. The van der Waals surface area contributed by atoms with Crippen LogP contribution < -0.4 is 10.1 Å². The SMILES string of the molecule is COc1ccc(C(C)NC(=O)c2ccc(C)s2)cc1. The van der Waals surface area contributed by atoms with E-state index in [4.69, 9.17) is 4.74 Å². The highest BCUT2D eigenvalue weighted by atomic mass is 32.1. The summed E-state index contributed by atoms with van der Waals surface area (Å²) in [6.07, 6.45) is 0. The molecule has 0 aliphatic heterocycles. The number of benzene rings is 1. The minimum atomic E-state index is -0.0270. The first-order valence-electron chi connectivity index (χ1n) is 6.11. The number of ether oxygens (including phenoxy) is 1. The van der Waals surface area contributed by atoms with Crippen molar-refractivity contribution in [2.45, 2.75) is 19.9 Å². The number of hydrogen-bond acceptors (Lipinski definition) is 3. The van der Waals surface area contributed by atoms with Crippen molar-refractivity contribution >= 4 is 17.2 Å². The number of hydrogen-bond donors (Lipinski definition) is 1. The summed E-state index contributed by atoms with van der Waals surface area (Å²) in [4.78, 5) is 13.9. The van der Waals surface area contributed by atoms with Gasteiger partial charge in [-0.1, -0.05) is 12.1 Å². The summed E-state index contributed by atoms with van der Waals surface area (Å²) in [6, 6.07) is 11.5. The van der Waals surface area contributed by atoms with Gasteiger partial charge >= 0.3 is 0 Å². The van der Waals surface area contributed by atoms with E-state index in [2.05, 4.69) is 5.32 Å². The molecule has 1 unspecified atom stereocenters. The Hall–Kier alpha value is -1.81. The van der Waals surface area contributed by atoms with E-state index in [-0.39, 0.29) is 11.9 Å². The number of methoxy groups -OCH3 is 1. The average Bonchev–Trinajstić information content (AvgIpc) is 2.85. The Morgan fingerprint density at radius 2 is 1.89 bits per heavy atom. The zero-order valence-electron chi connectivity index (χ0n) is 11.3.